The highest BCUT2D eigenvalue weighted by atomic mass is 32.2. The van der Waals surface area contributed by atoms with Crippen molar-refractivity contribution in [2.75, 3.05) is 37.2 Å². The average Bonchev–Trinajstić information content (AvgIpc) is 2.95. The first-order valence-corrected chi connectivity index (χ1v) is 11.6. The third kappa shape index (κ3) is 6.14. The van der Waals surface area contributed by atoms with E-state index < -0.39 is 15.6 Å². The summed E-state index contributed by atoms with van der Waals surface area (Å²) in [7, 11) is -3.63. The first-order chi connectivity index (χ1) is 14.3. The highest BCUT2D eigenvalue weighted by molar-refractivity contribution is 7.92. The van der Waals surface area contributed by atoms with Gasteiger partial charge in [0, 0.05) is 45.3 Å². The number of anilines is 1. The van der Waals surface area contributed by atoms with Crippen LogP contribution in [0.3, 0.4) is 0 Å². The number of nitrogens with one attached hydrogen (secondary N) is 1. The van der Waals surface area contributed by atoms with E-state index >= 15 is 0 Å². The number of carbonyl (C=O) groups excluding carboxylic acids is 2. The maximum absolute atomic E-state index is 12.6. The number of benzene rings is 2. The molecule has 0 bridgehead atoms. The van der Waals surface area contributed by atoms with Gasteiger partial charge in [-0.2, -0.15) is 0 Å². The third-order valence-electron chi connectivity index (χ3n) is 5.04. The van der Waals surface area contributed by atoms with E-state index in [1.807, 2.05) is 24.3 Å². The van der Waals surface area contributed by atoms with Crippen LogP contribution >= 0.6 is 0 Å². The van der Waals surface area contributed by atoms with Crippen molar-refractivity contribution in [3.8, 4) is 0 Å². The lowest BCUT2D eigenvalue weighted by atomic mass is 10.2. The first-order valence-electron chi connectivity index (χ1n) is 9.98. The zero-order chi connectivity index (χ0) is 21.6. The smallest absolute Gasteiger partial charge is 0.238 e. The summed E-state index contributed by atoms with van der Waals surface area (Å²) in [6, 6.07) is 15.8. The fourth-order valence-corrected chi connectivity index (χ4v) is 4.74. The van der Waals surface area contributed by atoms with E-state index in [4.69, 9.17) is 0 Å². The third-order valence-corrected chi connectivity index (χ3v) is 6.65. The van der Waals surface area contributed by atoms with Gasteiger partial charge in [-0.05, 0) is 36.2 Å². The first kappa shape index (κ1) is 22.0. The summed E-state index contributed by atoms with van der Waals surface area (Å²) in [5, 5.41) is 2.75. The van der Waals surface area contributed by atoms with Crippen molar-refractivity contribution in [3.63, 3.8) is 0 Å². The van der Waals surface area contributed by atoms with Crippen molar-refractivity contribution >= 4 is 27.3 Å². The summed E-state index contributed by atoms with van der Waals surface area (Å²) in [6.07, 6.45) is 0.793. The van der Waals surface area contributed by atoms with Gasteiger partial charge in [0.2, 0.25) is 11.8 Å². The molecule has 1 aliphatic heterocycles. The van der Waals surface area contributed by atoms with Crippen molar-refractivity contribution in [3.05, 3.63) is 60.2 Å². The molecule has 3 rings (SSSR count). The predicted octanol–water partition coefficient (Wildman–Crippen LogP) is 2.15. The maximum atomic E-state index is 12.6. The molecule has 2 amide bonds. The van der Waals surface area contributed by atoms with Crippen LogP contribution in [0.1, 0.15) is 18.9 Å². The zero-order valence-electron chi connectivity index (χ0n) is 17.1. The Hall–Kier alpha value is -2.71. The molecule has 1 fully saturated rings. The zero-order valence-corrected chi connectivity index (χ0v) is 17.9. The van der Waals surface area contributed by atoms with E-state index in [1.54, 1.807) is 23.1 Å². The van der Waals surface area contributed by atoms with Crippen LogP contribution in [0.2, 0.25) is 0 Å². The minimum absolute atomic E-state index is 0.102. The second-order valence-electron chi connectivity index (χ2n) is 7.46. The Morgan fingerprint density at radius 1 is 0.933 bits per heavy atom. The molecule has 0 saturated carbocycles. The fourth-order valence-electron chi connectivity index (χ4n) is 3.50. The largest absolute Gasteiger partial charge is 0.340 e. The van der Waals surface area contributed by atoms with Crippen LogP contribution in [-0.4, -0.2) is 62.0 Å². The standard InChI is InChI=1S/C22H27N3O4S/c1-18(26)23-20-10-8-19(9-11-20)16-24-12-5-13-25(15-14-24)22(27)17-30(28,29)21-6-3-2-4-7-21/h2-4,6-11H,5,12-17H2,1H3,(H,23,26). The Labute approximate surface area is 177 Å². The molecule has 0 aliphatic carbocycles. The molecule has 0 aromatic heterocycles. The van der Waals surface area contributed by atoms with Crippen molar-refractivity contribution < 1.29 is 18.0 Å². The lowest BCUT2D eigenvalue weighted by Crippen LogP contribution is -2.38. The molecule has 1 heterocycles. The molecule has 7 nitrogen and oxygen atoms in total. The van der Waals surface area contributed by atoms with E-state index in [1.165, 1.54) is 19.1 Å². The lowest BCUT2D eigenvalue weighted by molar-refractivity contribution is -0.128. The van der Waals surface area contributed by atoms with Crippen LogP contribution in [0, 0.1) is 0 Å². The van der Waals surface area contributed by atoms with Crippen molar-refractivity contribution in [1.82, 2.24) is 9.80 Å². The summed E-state index contributed by atoms with van der Waals surface area (Å²) in [5.74, 6) is -0.948. The number of hydrogen-bond donors (Lipinski definition) is 1. The van der Waals surface area contributed by atoms with Gasteiger partial charge in [0.25, 0.3) is 0 Å². The van der Waals surface area contributed by atoms with Gasteiger partial charge < -0.3 is 10.2 Å². The second-order valence-corrected chi connectivity index (χ2v) is 9.45. The Kier molecular flexibility index (Phi) is 7.23. The van der Waals surface area contributed by atoms with Crippen LogP contribution in [-0.2, 0) is 26.0 Å². The Balaban J connectivity index is 1.54. The van der Waals surface area contributed by atoms with E-state index in [-0.39, 0.29) is 16.7 Å². The monoisotopic (exact) mass is 429 g/mol. The summed E-state index contributed by atoms with van der Waals surface area (Å²) >= 11 is 0. The quantitative estimate of drug-likeness (QED) is 0.760. The summed E-state index contributed by atoms with van der Waals surface area (Å²) < 4.78 is 25.0. The maximum Gasteiger partial charge on any atom is 0.238 e. The van der Waals surface area contributed by atoms with Crippen LogP contribution in [0.15, 0.2) is 59.5 Å². The molecular weight excluding hydrogens is 402 g/mol. The minimum atomic E-state index is -3.63. The molecule has 1 N–H and O–H groups in total. The molecule has 0 atom stereocenters. The number of amides is 2. The number of sulfone groups is 1. The topological polar surface area (TPSA) is 86.8 Å². The van der Waals surface area contributed by atoms with Gasteiger partial charge in [-0.3, -0.25) is 14.5 Å². The van der Waals surface area contributed by atoms with E-state index in [9.17, 15) is 18.0 Å². The van der Waals surface area contributed by atoms with Gasteiger partial charge in [0.05, 0.1) is 4.90 Å². The highest BCUT2D eigenvalue weighted by Gasteiger charge is 2.25. The van der Waals surface area contributed by atoms with Gasteiger partial charge in [0.1, 0.15) is 5.75 Å². The fraction of sp³-hybridized carbons (Fsp3) is 0.364. The van der Waals surface area contributed by atoms with Crippen LogP contribution in [0.25, 0.3) is 0 Å². The van der Waals surface area contributed by atoms with Crippen LogP contribution in [0.4, 0.5) is 5.69 Å². The lowest BCUT2D eigenvalue weighted by Gasteiger charge is -2.22. The Morgan fingerprint density at radius 3 is 2.30 bits per heavy atom. The Bertz CT molecular complexity index is 975. The van der Waals surface area contributed by atoms with Crippen LogP contribution < -0.4 is 5.32 Å². The second kappa shape index (κ2) is 9.86. The van der Waals surface area contributed by atoms with E-state index in [2.05, 4.69) is 10.2 Å². The highest BCUT2D eigenvalue weighted by Crippen LogP contribution is 2.15. The molecule has 2 aromatic rings. The molecule has 30 heavy (non-hydrogen) atoms. The normalized spacial score (nSPS) is 15.4. The molecule has 1 aliphatic rings. The van der Waals surface area contributed by atoms with Crippen molar-refractivity contribution in [2.45, 2.75) is 24.8 Å². The predicted molar refractivity (Wildman–Crippen MR) is 116 cm³/mol. The Morgan fingerprint density at radius 2 is 1.63 bits per heavy atom. The molecule has 0 radical (unpaired) electrons. The van der Waals surface area contributed by atoms with Gasteiger partial charge >= 0.3 is 0 Å². The average molecular weight is 430 g/mol. The van der Waals surface area contributed by atoms with E-state index in [0.717, 1.165) is 30.8 Å². The van der Waals surface area contributed by atoms with Gasteiger partial charge in [0.15, 0.2) is 9.84 Å². The van der Waals surface area contributed by atoms with Gasteiger partial charge in [-0.25, -0.2) is 8.42 Å². The number of rotatable bonds is 6. The van der Waals surface area contributed by atoms with Crippen molar-refractivity contribution in [2.24, 2.45) is 0 Å². The molecule has 160 valence electrons. The molecular formula is C22H27N3O4S. The minimum Gasteiger partial charge on any atom is -0.340 e. The SMILES string of the molecule is CC(=O)Nc1ccc(CN2CCCN(C(=O)CS(=O)(=O)c3ccccc3)CC2)cc1. The van der Waals surface area contributed by atoms with Crippen molar-refractivity contribution in [1.29, 1.82) is 0 Å². The van der Waals surface area contributed by atoms with E-state index in [0.29, 0.717) is 19.6 Å². The number of hydrogen-bond acceptors (Lipinski definition) is 5. The molecule has 2 aromatic carbocycles. The summed E-state index contributed by atoms with van der Waals surface area (Å²) in [4.78, 5) is 27.8. The van der Waals surface area contributed by atoms with Crippen LogP contribution in [0.5, 0.6) is 0 Å². The van der Waals surface area contributed by atoms with Gasteiger partial charge in [-0.1, -0.05) is 30.3 Å². The summed E-state index contributed by atoms with van der Waals surface area (Å²) in [5.41, 5.74) is 1.88. The number of carbonyl (C=O) groups is 2. The molecule has 0 spiro atoms. The summed E-state index contributed by atoms with van der Waals surface area (Å²) in [6.45, 7) is 4.80. The molecule has 1 saturated heterocycles. The molecule has 8 heteroatoms. The molecule has 0 unspecified atom stereocenters. The van der Waals surface area contributed by atoms with Gasteiger partial charge in [-0.15, -0.1) is 0 Å². The number of nitrogens with zero attached hydrogens (tertiary/aromatic N) is 2.